The van der Waals surface area contributed by atoms with E-state index in [-0.39, 0.29) is 24.9 Å². The molecule has 5 rings (SSSR count). The van der Waals surface area contributed by atoms with Gasteiger partial charge in [0.2, 0.25) is 5.91 Å². The van der Waals surface area contributed by atoms with Crippen LogP contribution in [0, 0.1) is 0 Å². The Morgan fingerprint density at radius 1 is 0.943 bits per heavy atom. The molecular weight excluding hydrogens is 444 g/mol. The number of likely N-dealkylation sites (N-methyl/N-ethyl adjacent to an activating group) is 1. The van der Waals surface area contributed by atoms with E-state index in [0.29, 0.717) is 18.5 Å². The number of nitrogens with one attached hydrogen (secondary N) is 1. The van der Waals surface area contributed by atoms with Crippen molar-refractivity contribution in [1.82, 2.24) is 4.90 Å². The Balaban J connectivity index is 1.17. The predicted molar refractivity (Wildman–Crippen MR) is 131 cm³/mol. The fourth-order valence-corrected chi connectivity index (χ4v) is 4.80. The van der Waals surface area contributed by atoms with Gasteiger partial charge in [0.25, 0.3) is 0 Å². The minimum absolute atomic E-state index is 0.0147. The van der Waals surface area contributed by atoms with Crippen molar-refractivity contribution in [3.8, 4) is 11.1 Å². The van der Waals surface area contributed by atoms with Gasteiger partial charge in [-0.15, -0.1) is 0 Å². The molecule has 2 aliphatic carbocycles. The molecule has 1 fully saturated rings. The fourth-order valence-electron chi connectivity index (χ4n) is 4.80. The van der Waals surface area contributed by atoms with Crippen LogP contribution in [0.25, 0.3) is 11.1 Å². The topological polar surface area (TPSA) is 95.9 Å². The van der Waals surface area contributed by atoms with Crippen LogP contribution >= 0.6 is 0 Å². The van der Waals surface area contributed by atoms with Gasteiger partial charge >= 0.3 is 12.1 Å². The number of ether oxygens (including phenoxy) is 1. The average molecular weight is 471 g/mol. The summed E-state index contributed by atoms with van der Waals surface area (Å²) in [5, 5.41) is 12.1. The van der Waals surface area contributed by atoms with Gasteiger partial charge in [0.1, 0.15) is 12.1 Å². The number of aliphatic carboxylic acids is 1. The van der Waals surface area contributed by atoms with E-state index >= 15 is 0 Å². The minimum atomic E-state index is -1.05. The van der Waals surface area contributed by atoms with Gasteiger partial charge in [0, 0.05) is 18.7 Å². The highest BCUT2D eigenvalue weighted by molar-refractivity contribution is 5.90. The van der Waals surface area contributed by atoms with Crippen LogP contribution in [-0.4, -0.2) is 47.2 Å². The zero-order valence-corrected chi connectivity index (χ0v) is 19.4. The van der Waals surface area contributed by atoms with E-state index < -0.39 is 17.6 Å². The number of carbonyl (C=O) groups excluding carboxylic acids is 2. The van der Waals surface area contributed by atoms with Crippen molar-refractivity contribution in [3.05, 3.63) is 89.5 Å². The number of benzene rings is 3. The standard InChI is InChI=1S/C28H26N2O5/c1-30(28(14-15-28)26(32)33)25(31)16-18-10-12-19(13-11-18)29-27(34)35-17-24-22-8-4-2-6-20(22)21-7-3-5-9-23(21)24/h2-13,24H,14-17H2,1H3,(H,29,34)(H,32,33). The van der Waals surface area contributed by atoms with E-state index in [2.05, 4.69) is 29.6 Å². The lowest BCUT2D eigenvalue weighted by molar-refractivity contribution is -0.150. The second-order valence-electron chi connectivity index (χ2n) is 9.11. The van der Waals surface area contributed by atoms with E-state index in [1.165, 1.54) is 23.1 Å². The molecule has 0 atom stereocenters. The molecule has 0 heterocycles. The van der Waals surface area contributed by atoms with E-state index in [1.807, 2.05) is 24.3 Å². The third-order valence-corrected chi connectivity index (χ3v) is 7.04. The molecule has 2 amide bonds. The average Bonchev–Trinajstić information content (AvgIpc) is 3.62. The van der Waals surface area contributed by atoms with Gasteiger partial charge in [-0.05, 0) is 52.8 Å². The van der Waals surface area contributed by atoms with Crippen LogP contribution in [0.4, 0.5) is 10.5 Å². The Morgan fingerprint density at radius 3 is 2.06 bits per heavy atom. The molecule has 0 aromatic heterocycles. The molecular formula is C28H26N2O5. The first kappa shape index (κ1) is 22.7. The molecule has 2 N–H and O–H groups in total. The fraction of sp³-hybridized carbons (Fsp3) is 0.250. The normalized spacial score (nSPS) is 15.0. The first-order valence-electron chi connectivity index (χ1n) is 11.6. The first-order chi connectivity index (χ1) is 16.9. The zero-order valence-electron chi connectivity index (χ0n) is 19.4. The summed E-state index contributed by atoms with van der Waals surface area (Å²) in [6, 6.07) is 23.2. The van der Waals surface area contributed by atoms with Gasteiger partial charge in [-0.25, -0.2) is 9.59 Å². The summed E-state index contributed by atoms with van der Waals surface area (Å²) in [5.41, 5.74) is 4.88. The molecule has 178 valence electrons. The highest BCUT2D eigenvalue weighted by Gasteiger charge is 2.55. The second kappa shape index (κ2) is 8.91. The van der Waals surface area contributed by atoms with Crippen molar-refractivity contribution >= 4 is 23.7 Å². The van der Waals surface area contributed by atoms with Gasteiger partial charge in [0.05, 0.1) is 6.42 Å². The number of amides is 2. The van der Waals surface area contributed by atoms with Crippen LogP contribution in [0.3, 0.4) is 0 Å². The summed E-state index contributed by atoms with van der Waals surface area (Å²) in [5.74, 6) is -1.22. The van der Waals surface area contributed by atoms with Gasteiger partial charge in [0.15, 0.2) is 0 Å². The second-order valence-corrected chi connectivity index (χ2v) is 9.11. The maximum Gasteiger partial charge on any atom is 0.411 e. The molecule has 0 radical (unpaired) electrons. The summed E-state index contributed by atoms with van der Waals surface area (Å²) < 4.78 is 5.57. The van der Waals surface area contributed by atoms with Crippen molar-refractivity contribution in [2.75, 3.05) is 19.0 Å². The summed E-state index contributed by atoms with van der Waals surface area (Å²) in [7, 11) is 1.54. The van der Waals surface area contributed by atoms with Crippen LogP contribution in [0.5, 0.6) is 0 Å². The Bertz CT molecular complexity index is 1250. The molecule has 35 heavy (non-hydrogen) atoms. The largest absolute Gasteiger partial charge is 0.479 e. The van der Waals surface area contributed by atoms with Crippen molar-refractivity contribution in [1.29, 1.82) is 0 Å². The number of carboxylic acids is 1. The maximum absolute atomic E-state index is 12.5. The van der Waals surface area contributed by atoms with Crippen LogP contribution < -0.4 is 5.32 Å². The summed E-state index contributed by atoms with van der Waals surface area (Å²) >= 11 is 0. The van der Waals surface area contributed by atoms with Crippen molar-refractivity contribution in [3.63, 3.8) is 0 Å². The molecule has 7 nitrogen and oxygen atoms in total. The lowest BCUT2D eigenvalue weighted by Gasteiger charge is -2.24. The highest BCUT2D eigenvalue weighted by Crippen LogP contribution is 2.44. The van der Waals surface area contributed by atoms with Crippen LogP contribution in [0.15, 0.2) is 72.8 Å². The monoisotopic (exact) mass is 470 g/mol. The van der Waals surface area contributed by atoms with Crippen LogP contribution in [-0.2, 0) is 20.7 Å². The molecule has 0 unspecified atom stereocenters. The Labute approximate surface area is 203 Å². The van der Waals surface area contributed by atoms with Gasteiger partial charge < -0.3 is 14.7 Å². The number of anilines is 1. The lowest BCUT2D eigenvalue weighted by atomic mass is 9.98. The Kier molecular flexibility index (Phi) is 5.76. The Morgan fingerprint density at radius 2 is 1.51 bits per heavy atom. The first-order valence-corrected chi connectivity index (χ1v) is 11.6. The third-order valence-electron chi connectivity index (χ3n) is 7.04. The maximum atomic E-state index is 12.5. The molecule has 7 heteroatoms. The summed E-state index contributed by atoms with van der Waals surface area (Å²) in [6.07, 6.45) is 0.505. The molecule has 3 aromatic rings. The number of fused-ring (bicyclic) bond motifs is 3. The minimum Gasteiger partial charge on any atom is -0.479 e. The van der Waals surface area contributed by atoms with E-state index in [1.54, 1.807) is 24.3 Å². The SMILES string of the molecule is CN(C(=O)Cc1ccc(NC(=O)OCC2c3ccccc3-c3ccccc32)cc1)C1(C(=O)O)CC1. The van der Waals surface area contributed by atoms with Gasteiger partial charge in [-0.3, -0.25) is 10.1 Å². The van der Waals surface area contributed by atoms with Gasteiger partial charge in [-0.1, -0.05) is 60.7 Å². The molecule has 2 aliphatic rings. The predicted octanol–water partition coefficient (Wildman–Crippen LogP) is 4.67. The van der Waals surface area contributed by atoms with E-state index in [0.717, 1.165) is 16.7 Å². The van der Waals surface area contributed by atoms with Crippen molar-refractivity contribution < 1.29 is 24.2 Å². The Hall–Kier alpha value is -4.13. The smallest absolute Gasteiger partial charge is 0.411 e. The molecule has 0 saturated heterocycles. The quantitative estimate of drug-likeness (QED) is 0.523. The summed E-state index contributed by atoms with van der Waals surface area (Å²) in [6.45, 7) is 0.226. The van der Waals surface area contributed by atoms with Crippen LogP contribution in [0.1, 0.15) is 35.4 Å². The summed E-state index contributed by atoms with van der Waals surface area (Å²) in [4.78, 5) is 37.8. The van der Waals surface area contributed by atoms with Crippen molar-refractivity contribution in [2.45, 2.75) is 30.7 Å². The number of nitrogens with zero attached hydrogens (tertiary/aromatic N) is 1. The number of carboxylic acid groups (broad SMARTS) is 1. The van der Waals surface area contributed by atoms with Crippen molar-refractivity contribution in [2.24, 2.45) is 0 Å². The molecule has 1 saturated carbocycles. The third kappa shape index (κ3) is 4.25. The number of hydrogen-bond acceptors (Lipinski definition) is 4. The molecule has 0 spiro atoms. The lowest BCUT2D eigenvalue weighted by Crippen LogP contribution is -2.45. The van der Waals surface area contributed by atoms with E-state index in [4.69, 9.17) is 4.74 Å². The van der Waals surface area contributed by atoms with Gasteiger partial charge in [-0.2, -0.15) is 0 Å². The molecule has 0 aliphatic heterocycles. The number of hydrogen-bond donors (Lipinski definition) is 2. The number of carbonyl (C=O) groups is 3. The molecule has 3 aromatic carbocycles. The molecule has 0 bridgehead atoms. The number of rotatable bonds is 7. The zero-order chi connectivity index (χ0) is 24.6. The van der Waals surface area contributed by atoms with E-state index in [9.17, 15) is 19.5 Å². The van der Waals surface area contributed by atoms with Crippen LogP contribution in [0.2, 0.25) is 0 Å². The highest BCUT2D eigenvalue weighted by atomic mass is 16.5.